The predicted molar refractivity (Wildman–Crippen MR) is 426 cm³/mol. The van der Waals surface area contributed by atoms with Crippen molar-refractivity contribution in [2.24, 2.45) is 0 Å². The van der Waals surface area contributed by atoms with Crippen molar-refractivity contribution in [3.8, 4) is 0 Å². The number of ether oxygens (including phenoxy) is 2. The molecular formula is C88H141NO8P+. The maximum Gasteiger partial charge on any atom is 0.472 e. The highest BCUT2D eigenvalue weighted by Crippen LogP contribution is 2.43. The van der Waals surface area contributed by atoms with E-state index in [0.717, 1.165) is 167 Å². The first-order valence-electron chi connectivity index (χ1n) is 38.5. The second-order valence-electron chi connectivity index (χ2n) is 25.9. The van der Waals surface area contributed by atoms with Crippen LogP contribution in [0.25, 0.3) is 0 Å². The van der Waals surface area contributed by atoms with Gasteiger partial charge in [-0.15, -0.1) is 0 Å². The van der Waals surface area contributed by atoms with E-state index in [1.54, 1.807) is 0 Å². The number of likely N-dealkylation sites (N-methyl/N-ethyl adjacent to an activating group) is 1. The topological polar surface area (TPSA) is 108 Å². The highest BCUT2D eigenvalue weighted by Gasteiger charge is 2.27. The Balaban J connectivity index is 4.13. The largest absolute Gasteiger partial charge is 0.472 e. The number of allylic oxidation sites excluding steroid dienone is 36. The first kappa shape index (κ1) is 92.3. The zero-order valence-electron chi connectivity index (χ0n) is 62.7. The fourth-order valence-electron chi connectivity index (χ4n) is 9.71. The third kappa shape index (κ3) is 79.3. The molecule has 10 heteroatoms. The molecule has 2 unspecified atom stereocenters. The molecule has 0 aliphatic carbocycles. The maximum absolute atomic E-state index is 12.9. The number of hydrogen-bond acceptors (Lipinski definition) is 7. The standard InChI is InChI=1S/C88H140NO8P/c1-6-8-10-12-14-16-18-20-22-24-26-28-30-32-34-36-38-40-41-42-43-44-45-46-47-49-51-53-55-57-59-61-63-65-67-69-71-73-75-77-79-81-88(91)97-86(85-96-98(92,93)95-83-82-89(3,4)5)84-94-87(90)80-78-76-74-72-70-68-66-64-62-60-58-56-54-52-50-48-39-37-35-33-31-29-27-25-23-21-19-17-15-13-11-9-7-2/h8-11,14-17,20-23,26-29,32-35,38-40,42-43,45-46,48-49,51-52,54,58,60,64,66,86H,6-7,12-13,18-19,24-25,30-31,36-37,41,44,47,50,53,55-57,59,61-63,65,67-85H2,1-5H3/p+1/b10-8-,11-9-,16-14-,17-15-,22-20-,23-21-,28-26-,29-27-,34-32-,35-33-,40-38-,43-42-,46-45-,48-39-,51-49-,54-52-,60-58-,66-64-. The molecule has 98 heavy (non-hydrogen) atoms. The molecule has 0 aromatic rings. The van der Waals surface area contributed by atoms with Crippen molar-refractivity contribution in [1.82, 2.24) is 0 Å². The Morgan fingerprint density at radius 1 is 0.316 bits per heavy atom. The number of hydrogen-bond donors (Lipinski definition) is 1. The zero-order chi connectivity index (χ0) is 71.1. The summed E-state index contributed by atoms with van der Waals surface area (Å²) >= 11 is 0. The van der Waals surface area contributed by atoms with Crippen LogP contribution in [0.2, 0.25) is 0 Å². The minimum atomic E-state index is -4.42. The average Bonchev–Trinajstić information content (AvgIpc) is 1.08. The third-order valence-electron chi connectivity index (χ3n) is 15.5. The lowest BCUT2D eigenvalue weighted by Gasteiger charge is -2.24. The first-order chi connectivity index (χ1) is 48.0. The molecule has 0 spiro atoms. The summed E-state index contributed by atoms with van der Waals surface area (Å²) in [5, 5.41) is 0. The van der Waals surface area contributed by atoms with Gasteiger partial charge >= 0.3 is 19.8 Å². The van der Waals surface area contributed by atoms with Gasteiger partial charge in [-0.05, 0) is 154 Å². The molecule has 2 atom stereocenters. The Hall–Kier alpha value is -5.67. The van der Waals surface area contributed by atoms with E-state index in [-0.39, 0.29) is 26.1 Å². The lowest BCUT2D eigenvalue weighted by Crippen LogP contribution is -2.37. The number of esters is 2. The maximum atomic E-state index is 12.9. The Morgan fingerprint density at radius 3 is 0.816 bits per heavy atom. The van der Waals surface area contributed by atoms with Crippen LogP contribution in [0.15, 0.2) is 219 Å². The number of nitrogens with zero attached hydrogens (tertiary/aromatic N) is 1. The molecule has 0 aliphatic heterocycles. The molecule has 0 fully saturated rings. The van der Waals surface area contributed by atoms with Gasteiger partial charge < -0.3 is 18.9 Å². The van der Waals surface area contributed by atoms with Crippen molar-refractivity contribution in [3.05, 3.63) is 219 Å². The van der Waals surface area contributed by atoms with Crippen LogP contribution in [0.3, 0.4) is 0 Å². The van der Waals surface area contributed by atoms with Gasteiger partial charge in [-0.3, -0.25) is 18.6 Å². The Morgan fingerprint density at radius 2 is 0.551 bits per heavy atom. The molecule has 0 aliphatic rings. The minimum absolute atomic E-state index is 0.0171. The number of carbonyl (C=O) groups is 2. The zero-order valence-corrected chi connectivity index (χ0v) is 63.6. The molecule has 0 aromatic heterocycles. The van der Waals surface area contributed by atoms with Gasteiger partial charge in [0.2, 0.25) is 0 Å². The summed E-state index contributed by atoms with van der Waals surface area (Å²) in [6.07, 6.45) is 120. The monoisotopic (exact) mass is 1370 g/mol. The fraction of sp³-hybridized carbons (Fsp3) is 0.568. The molecule has 0 amide bonds. The quantitative estimate of drug-likeness (QED) is 0.0211. The molecule has 9 nitrogen and oxygen atoms in total. The van der Waals surface area contributed by atoms with Gasteiger partial charge in [-0.2, -0.15) is 0 Å². The molecular weight excluding hydrogens is 1230 g/mol. The summed E-state index contributed by atoms with van der Waals surface area (Å²) in [6.45, 7) is 4.16. The van der Waals surface area contributed by atoms with Gasteiger partial charge in [-0.1, -0.05) is 322 Å². The normalized spacial score (nSPS) is 14.3. The summed E-state index contributed by atoms with van der Waals surface area (Å²) in [4.78, 5) is 36.0. The Kier molecular flexibility index (Phi) is 71.2. The van der Waals surface area contributed by atoms with Crippen LogP contribution in [-0.2, 0) is 32.7 Å². The molecule has 0 aromatic carbocycles. The van der Waals surface area contributed by atoms with Crippen molar-refractivity contribution < 1.29 is 42.1 Å². The van der Waals surface area contributed by atoms with Crippen molar-refractivity contribution in [2.45, 2.75) is 277 Å². The van der Waals surface area contributed by atoms with Crippen molar-refractivity contribution >= 4 is 19.8 Å². The number of rotatable bonds is 68. The van der Waals surface area contributed by atoms with Crippen LogP contribution in [0.1, 0.15) is 271 Å². The minimum Gasteiger partial charge on any atom is -0.462 e. The highest BCUT2D eigenvalue weighted by atomic mass is 31.2. The number of phosphoric acid groups is 1. The van der Waals surface area contributed by atoms with E-state index >= 15 is 0 Å². The van der Waals surface area contributed by atoms with E-state index in [1.807, 2.05) is 21.1 Å². The molecule has 0 heterocycles. The Bertz CT molecular complexity index is 2460. The van der Waals surface area contributed by atoms with Crippen LogP contribution in [0, 0.1) is 0 Å². The van der Waals surface area contributed by atoms with Crippen molar-refractivity contribution in [3.63, 3.8) is 0 Å². The van der Waals surface area contributed by atoms with Crippen LogP contribution in [-0.4, -0.2) is 74.9 Å². The summed E-state index contributed by atoms with van der Waals surface area (Å²) in [5.74, 6) is -0.833. The van der Waals surface area contributed by atoms with E-state index in [2.05, 4.69) is 233 Å². The molecule has 0 rings (SSSR count). The Labute approximate surface area is 601 Å². The first-order valence-corrected chi connectivity index (χ1v) is 40.0. The van der Waals surface area contributed by atoms with Crippen molar-refractivity contribution in [2.75, 3.05) is 47.5 Å². The molecule has 1 N–H and O–H groups in total. The lowest BCUT2D eigenvalue weighted by molar-refractivity contribution is -0.870. The smallest absolute Gasteiger partial charge is 0.462 e. The number of carbonyl (C=O) groups excluding carboxylic acids is 2. The van der Waals surface area contributed by atoms with Crippen molar-refractivity contribution in [1.29, 1.82) is 0 Å². The molecule has 0 saturated carbocycles. The van der Waals surface area contributed by atoms with Gasteiger partial charge in [0.25, 0.3) is 0 Å². The molecule has 0 bridgehead atoms. The summed E-state index contributed by atoms with van der Waals surface area (Å²) in [6, 6.07) is 0. The van der Waals surface area contributed by atoms with E-state index in [4.69, 9.17) is 18.5 Å². The number of phosphoric ester groups is 1. The highest BCUT2D eigenvalue weighted by molar-refractivity contribution is 7.47. The number of unbranched alkanes of at least 4 members (excludes halogenated alkanes) is 18. The molecule has 0 radical (unpaired) electrons. The summed E-state index contributed by atoms with van der Waals surface area (Å²) in [7, 11) is 1.44. The van der Waals surface area contributed by atoms with Gasteiger partial charge in [0, 0.05) is 12.8 Å². The van der Waals surface area contributed by atoms with Gasteiger partial charge in [0.05, 0.1) is 27.7 Å². The third-order valence-corrected chi connectivity index (χ3v) is 16.5. The number of quaternary nitrogens is 1. The summed E-state index contributed by atoms with van der Waals surface area (Å²) in [5.41, 5.74) is 0. The van der Waals surface area contributed by atoms with Crippen LogP contribution in [0.4, 0.5) is 0 Å². The van der Waals surface area contributed by atoms with Crippen LogP contribution >= 0.6 is 7.82 Å². The van der Waals surface area contributed by atoms with E-state index in [1.165, 1.54) is 64.2 Å². The predicted octanol–water partition coefficient (Wildman–Crippen LogP) is 25.9. The molecule has 550 valence electrons. The van der Waals surface area contributed by atoms with Gasteiger partial charge in [0.1, 0.15) is 19.8 Å². The average molecular weight is 1370 g/mol. The van der Waals surface area contributed by atoms with Gasteiger partial charge in [-0.25, -0.2) is 4.57 Å². The van der Waals surface area contributed by atoms with E-state index in [0.29, 0.717) is 23.9 Å². The SMILES string of the molecule is CC/C=C\C/C=C\C/C=C\C/C=C\C/C=C\C/C=C\C/C=C\C/C=C\C/C=C\CCCCCCCCCCCCCCCC(=O)OC(COC(=O)CCCCCCC/C=C\C/C=C\C/C=C\C/C=C\C/C=C\C/C=C\C/C=C\C/C=C\C/C=C\CC)COP(=O)(O)OCC[N+](C)(C)C. The van der Waals surface area contributed by atoms with Gasteiger partial charge in [0.15, 0.2) is 6.10 Å². The van der Waals surface area contributed by atoms with E-state index in [9.17, 15) is 19.0 Å². The van der Waals surface area contributed by atoms with Crippen LogP contribution in [0.5, 0.6) is 0 Å². The second kappa shape index (κ2) is 75.5. The fourth-order valence-corrected chi connectivity index (χ4v) is 10.4. The lowest BCUT2D eigenvalue weighted by atomic mass is 10.0. The molecule has 0 saturated heterocycles. The summed E-state index contributed by atoms with van der Waals surface area (Å²) < 4.78 is 34.7. The van der Waals surface area contributed by atoms with E-state index < -0.39 is 32.5 Å². The van der Waals surface area contributed by atoms with Crippen LogP contribution < -0.4 is 0 Å². The second-order valence-corrected chi connectivity index (χ2v) is 27.4.